The summed E-state index contributed by atoms with van der Waals surface area (Å²) in [5, 5.41) is 14.5. The van der Waals surface area contributed by atoms with Crippen LogP contribution in [0.25, 0.3) is 0 Å². The number of carbonyl (C=O) groups excluding carboxylic acids is 2. The highest BCUT2D eigenvalue weighted by molar-refractivity contribution is 6.00. The molecule has 2 amide bonds. The molecule has 0 aromatic heterocycles. The minimum atomic E-state index is -1.07. The summed E-state index contributed by atoms with van der Waals surface area (Å²) in [6.45, 7) is 6.15. The summed E-state index contributed by atoms with van der Waals surface area (Å²) >= 11 is 0. The molecule has 3 N–H and O–H groups in total. The van der Waals surface area contributed by atoms with Crippen molar-refractivity contribution in [3.8, 4) is 0 Å². The van der Waals surface area contributed by atoms with E-state index < -0.39 is 17.9 Å². The molecule has 6 nitrogen and oxygen atoms in total. The third kappa shape index (κ3) is 5.39. The lowest BCUT2D eigenvalue weighted by atomic mass is 9.98. The Morgan fingerprint density at radius 3 is 2.26 bits per heavy atom. The van der Waals surface area contributed by atoms with Crippen molar-refractivity contribution in [3.05, 3.63) is 35.4 Å². The molecule has 0 aliphatic heterocycles. The zero-order valence-electron chi connectivity index (χ0n) is 13.8. The molecule has 0 heterocycles. The molecular formula is C17H24N2O4. The first-order valence-electron chi connectivity index (χ1n) is 7.82. The first kappa shape index (κ1) is 18.7. The number of nitrogens with one attached hydrogen (secondary N) is 2. The van der Waals surface area contributed by atoms with Crippen molar-refractivity contribution in [1.29, 1.82) is 0 Å². The van der Waals surface area contributed by atoms with Crippen molar-refractivity contribution in [2.24, 2.45) is 5.92 Å². The molecule has 0 saturated heterocycles. The Morgan fingerprint density at radius 2 is 1.74 bits per heavy atom. The molecule has 23 heavy (non-hydrogen) atoms. The van der Waals surface area contributed by atoms with Crippen LogP contribution < -0.4 is 10.6 Å². The average Bonchev–Trinajstić information content (AvgIpc) is 2.56. The normalized spacial score (nSPS) is 13.0. The molecule has 0 saturated carbocycles. The molecule has 6 heteroatoms. The first-order chi connectivity index (χ1) is 10.9. The fourth-order valence-electron chi connectivity index (χ4n) is 2.05. The van der Waals surface area contributed by atoms with Gasteiger partial charge in [-0.1, -0.05) is 33.3 Å². The highest BCUT2D eigenvalue weighted by Crippen LogP contribution is 2.11. The van der Waals surface area contributed by atoms with Crippen LogP contribution in [0.5, 0.6) is 0 Å². The van der Waals surface area contributed by atoms with E-state index in [0.29, 0.717) is 18.5 Å². The standard InChI is InChI=1S/C17H24N2O4/c1-4-9-18-15(20)12-7-6-8-13(10-12)16(21)19-14(17(22)23)11(3)5-2/h6-8,10-11,14H,4-5,9H2,1-3H3,(H,18,20)(H,19,21)(H,22,23). The van der Waals surface area contributed by atoms with Crippen molar-refractivity contribution >= 4 is 17.8 Å². The lowest BCUT2D eigenvalue weighted by Gasteiger charge is -2.20. The monoisotopic (exact) mass is 320 g/mol. The molecule has 1 rings (SSSR count). The van der Waals surface area contributed by atoms with Gasteiger partial charge in [-0.15, -0.1) is 0 Å². The third-order valence-corrected chi connectivity index (χ3v) is 3.69. The van der Waals surface area contributed by atoms with Gasteiger partial charge in [-0.05, 0) is 30.5 Å². The minimum Gasteiger partial charge on any atom is -0.480 e. The Balaban J connectivity index is 2.87. The van der Waals surface area contributed by atoms with Crippen molar-refractivity contribution in [3.63, 3.8) is 0 Å². The van der Waals surface area contributed by atoms with Crippen LogP contribution in [0.4, 0.5) is 0 Å². The van der Waals surface area contributed by atoms with E-state index in [-0.39, 0.29) is 17.4 Å². The molecule has 0 aliphatic rings. The van der Waals surface area contributed by atoms with Crippen LogP contribution >= 0.6 is 0 Å². The van der Waals surface area contributed by atoms with Crippen LogP contribution in [0.2, 0.25) is 0 Å². The Kier molecular flexibility index (Phi) is 7.25. The second-order valence-electron chi connectivity index (χ2n) is 5.51. The third-order valence-electron chi connectivity index (χ3n) is 3.69. The van der Waals surface area contributed by atoms with Crippen LogP contribution in [0, 0.1) is 5.92 Å². The van der Waals surface area contributed by atoms with Crippen LogP contribution in [-0.2, 0) is 4.79 Å². The molecule has 0 aliphatic carbocycles. The van der Waals surface area contributed by atoms with Crippen molar-refractivity contribution in [2.45, 2.75) is 39.7 Å². The van der Waals surface area contributed by atoms with E-state index in [2.05, 4.69) is 10.6 Å². The molecule has 1 aromatic rings. The summed E-state index contributed by atoms with van der Waals surface area (Å²) in [6.07, 6.45) is 1.46. The maximum atomic E-state index is 12.3. The zero-order valence-corrected chi connectivity index (χ0v) is 13.8. The van der Waals surface area contributed by atoms with E-state index >= 15 is 0 Å². The van der Waals surface area contributed by atoms with Crippen LogP contribution in [0.3, 0.4) is 0 Å². The van der Waals surface area contributed by atoms with Gasteiger partial charge in [-0.2, -0.15) is 0 Å². The van der Waals surface area contributed by atoms with E-state index in [0.717, 1.165) is 6.42 Å². The number of hydrogen-bond donors (Lipinski definition) is 3. The summed E-state index contributed by atoms with van der Waals surface area (Å²) in [5.74, 6) is -2.00. The van der Waals surface area contributed by atoms with Gasteiger partial charge in [0.2, 0.25) is 0 Å². The van der Waals surface area contributed by atoms with Crippen LogP contribution in [0.15, 0.2) is 24.3 Å². The smallest absolute Gasteiger partial charge is 0.326 e. The highest BCUT2D eigenvalue weighted by Gasteiger charge is 2.25. The quantitative estimate of drug-likeness (QED) is 0.683. The fraction of sp³-hybridized carbons (Fsp3) is 0.471. The van der Waals surface area contributed by atoms with Crippen molar-refractivity contribution in [1.82, 2.24) is 10.6 Å². The number of rotatable bonds is 8. The Morgan fingerprint density at radius 1 is 1.13 bits per heavy atom. The summed E-state index contributed by atoms with van der Waals surface area (Å²) in [6, 6.07) is 5.29. The summed E-state index contributed by atoms with van der Waals surface area (Å²) in [5.41, 5.74) is 0.644. The van der Waals surface area contributed by atoms with E-state index in [1.54, 1.807) is 25.1 Å². The summed E-state index contributed by atoms with van der Waals surface area (Å²) in [7, 11) is 0. The largest absolute Gasteiger partial charge is 0.480 e. The lowest BCUT2D eigenvalue weighted by Crippen LogP contribution is -2.45. The molecule has 2 atom stereocenters. The lowest BCUT2D eigenvalue weighted by molar-refractivity contribution is -0.140. The fourth-order valence-corrected chi connectivity index (χ4v) is 2.05. The molecule has 0 radical (unpaired) electrons. The second kappa shape index (κ2) is 8.92. The van der Waals surface area contributed by atoms with E-state index in [1.165, 1.54) is 6.07 Å². The zero-order chi connectivity index (χ0) is 17.4. The molecule has 126 valence electrons. The van der Waals surface area contributed by atoms with Gasteiger partial charge in [-0.3, -0.25) is 9.59 Å². The van der Waals surface area contributed by atoms with Gasteiger partial charge in [0.1, 0.15) is 6.04 Å². The van der Waals surface area contributed by atoms with Crippen LogP contribution in [0.1, 0.15) is 54.3 Å². The van der Waals surface area contributed by atoms with Crippen molar-refractivity contribution < 1.29 is 19.5 Å². The van der Waals surface area contributed by atoms with Gasteiger partial charge in [0, 0.05) is 17.7 Å². The second-order valence-corrected chi connectivity index (χ2v) is 5.51. The maximum absolute atomic E-state index is 12.3. The summed E-state index contributed by atoms with van der Waals surface area (Å²) in [4.78, 5) is 35.5. The predicted molar refractivity (Wildman–Crippen MR) is 87.4 cm³/mol. The van der Waals surface area contributed by atoms with Crippen molar-refractivity contribution in [2.75, 3.05) is 6.54 Å². The average molecular weight is 320 g/mol. The van der Waals surface area contributed by atoms with Crippen LogP contribution in [-0.4, -0.2) is 35.5 Å². The van der Waals surface area contributed by atoms with E-state index in [9.17, 15) is 19.5 Å². The molecular weight excluding hydrogens is 296 g/mol. The van der Waals surface area contributed by atoms with Gasteiger partial charge >= 0.3 is 5.97 Å². The predicted octanol–water partition coefficient (Wildman–Crippen LogP) is 2.06. The molecule has 0 spiro atoms. The van der Waals surface area contributed by atoms with E-state index in [4.69, 9.17) is 0 Å². The molecule has 0 bridgehead atoms. The minimum absolute atomic E-state index is 0.188. The Labute approximate surface area is 136 Å². The number of amides is 2. The number of carboxylic acid groups (broad SMARTS) is 1. The molecule has 0 fully saturated rings. The maximum Gasteiger partial charge on any atom is 0.326 e. The number of benzene rings is 1. The number of aliphatic carboxylic acids is 1. The topological polar surface area (TPSA) is 95.5 Å². The van der Waals surface area contributed by atoms with E-state index in [1.807, 2.05) is 13.8 Å². The van der Waals surface area contributed by atoms with Gasteiger partial charge in [0.25, 0.3) is 11.8 Å². The first-order valence-corrected chi connectivity index (χ1v) is 7.82. The SMILES string of the molecule is CCCNC(=O)c1cccc(C(=O)NC(C(=O)O)C(C)CC)c1. The highest BCUT2D eigenvalue weighted by atomic mass is 16.4. The van der Waals surface area contributed by atoms with Gasteiger partial charge in [-0.25, -0.2) is 4.79 Å². The number of carboxylic acids is 1. The van der Waals surface area contributed by atoms with Gasteiger partial charge in [0.05, 0.1) is 0 Å². The van der Waals surface area contributed by atoms with Gasteiger partial charge < -0.3 is 15.7 Å². The number of hydrogen-bond acceptors (Lipinski definition) is 3. The summed E-state index contributed by atoms with van der Waals surface area (Å²) < 4.78 is 0. The Bertz CT molecular complexity index is 571. The Hall–Kier alpha value is -2.37. The molecule has 2 unspecified atom stereocenters. The molecule has 1 aromatic carbocycles. The van der Waals surface area contributed by atoms with Gasteiger partial charge in [0.15, 0.2) is 0 Å². The number of carbonyl (C=O) groups is 3.